The number of Topliss-reactive ketones (excluding diaryl/α,β-unsaturated/α-hetero) is 5. The van der Waals surface area contributed by atoms with Crippen LogP contribution in [-0.2, 0) is 135 Å². The van der Waals surface area contributed by atoms with Crippen LogP contribution in [-0.4, -0.2) is 176 Å². The zero-order valence-electron chi connectivity index (χ0n) is 79.2. The number of nitrogens with two attached hydrogens (primary N) is 1. The minimum atomic E-state index is -1.10. The van der Waals surface area contributed by atoms with Gasteiger partial charge in [0, 0.05) is 90.4 Å². The maximum Gasteiger partial charge on any atom is 0.408 e. The van der Waals surface area contributed by atoms with Crippen LogP contribution in [0.15, 0.2) is 255 Å². The molecule has 11 rings (SSSR count). The number of esters is 1. The Balaban J connectivity index is 0.000000460. The topological polar surface area (TPSA) is 447 Å². The van der Waals surface area contributed by atoms with Gasteiger partial charge in [0.05, 0.1) is 83.7 Å². The largest absolute Gasteiger partial charge is 0.497 e. The van der Waals surface area contributed by atoms with Crippen LogP contribution in [0.3, 0.4) is 0 Å². The minimum absolute atomic E-state index is 0. The van der Waals surface area contributed by atoms with Gasteiger partial charge in [0.1, 0.15) is 60.9 Å². The number of carbonyl (C=O) groups excluding carboxylic acids is 11. The molecule has 31 nitrogen and oxygen atoms in total. The van der Waals surface area contributed by atoms with Crippen LogP contribution >= 0.6 is 0 Å². The van der Waals surface area contributed by atoms with E-state index in [1.807, 2.05) is 206 Å². The Morgan fingerprint density at radius 3 is 0.897 bits per heavy atom. The molecular formula is C103H124N6O25U2. The molecule has 11 atom stereocenters. The fourth-order valence-electron chi connectivity index (χ4n) is 12.9. The average molecular weight is 2330 g/mol. The zero-order chi connectivity index (χ0) is 98.8. The maximum absolute atomic E-state index is 13.8. The van der Waals surface area contributed by atoms with Gasteiger partial charge in [-0.3, -0.25) is 43.2 Å². The average Bonchev–Trinajstić information content (AvgIpc) is 1.65. The molecule has 2 heterocycles. The molecule has 136 heavy (non-hydrogen) atoms. The van der Waals surface area contributed by atoms with Gasteiger partial charge in [-0.15, -0.1) is 0 Å². The predicted molar refractivity (Wildman–Crippen MR) is 501 cm³/mol. The van der Waals surface area contributed by atoms with Gasteiger partial charge in [-0.2, -0.15) is 0 Å². The van der Waals surface area contributed by atoms with E-state index in [4.69, 9.17) is 61.2 Å². The van der Waals surface area contributed by atoms with Crippen LogP contribution in [0.2, 0.25) is 0 Å². The Hall–Kier alpha value is -12.3. The van der Waals surface area contributed by atoms with Crippen LogP contribution in [0.25, 0.3) is 0 Å². The van der Waals surface area contributed by atoms with Crippen molar-refractivity contribution < 1.29 is 185 Å². The number of ketones is 5. The summed E-state index contributed by atoms with van der Waals surface area (Å²) < 4.78 is 61.1. The molecule has 2 aliphatic heterocycles. The molecule has 0 unspecified atom stereocenters. The van der Waals surface area contributed by atoms with E-state index in [-0.39, 0.29) is 157 Å². The molecule has 0 bridgehead atoms. The Kier molecular flexibility index (Phi) is 51.1. The Morgan fingerprint density at radius 2 is 0.610 bits per heavy atom. The van der Waals surface area contributed by atoms with Crippen LogP contribution in [0.1, 0.15) is 121 Å². The smallest absolute Gasteiger partial charge is 0.408 e. The Morgan fingerprint density at radius 1 is 0.353 bits per heavy atom. The summed E-state index contributed by atoms with van der Waals surface area (Å²) in [5, 5.41) is 30.7. The first kappa shape index (κ1) is 114. The number of hydrogen-bond acceptors (Lipinski definition) is 24. The standard InChI is InChI=1S/C34H38N2O7.C23H27NO6.C22H25NO6.C12H15NO2.C11H13NO4.CH4.2U.H2/c1-23(35-33(40)42-21-26-12-8-5-9-13-26)30(37)20-27(18-25-14-16-28(41-3)17-15-25)32(39)36-29(31(38)34(2)22-43-34)19-24-10-6-4-7-11-24;1-16(24-23(27)30-15-18-7-5-4-6-8-18)21(25)14-19(22(26)29-3)13-17-9-11-20(28-2)12-10-17;1-15(23-22(27)29-14-17-6-4-3-5-7-17)20(24)13-18(21(25)26)12-16-8-10-19(28-2)11-9-16;1-12(8-15-12)11(14)10(13)7-9-5-3-2-4-6-9;1-8(10(13)14)12-11(15)16-7-9-5-3-2-4-6-9;;;;/h4-17,23,27,29H,18-22H2,1-3H3,(H,35,40)(H,36,39);4-12,16,19H,13-15H2,1-3H3,(H,24,27);3-11,15,18H,12-14H2,1-2H3,(H,23,27)(H,25,26);2-6,10H,7-8,13H2,1H3;2-6,8H,7H2,1H3,(H,12,15)(H,13,14);1H4;;;1H/t23-,27+,29-,34+;16-,19+;15-,18+;10-,12+;8-;;;;/m00000..../s1/i;;;;;;;;1+2T. The van der Waals surface area contributed by atoms with E-state index in [0.717, 1.165) is 50.1 Å². The number of nitrogens with one attached hydrogen (secondary N) is 5. The van der Waals surface area contributed by atoms with Crippen molar-refractivity contribution in [3.05, 3.63) is 305 Å². The van der Waals surface area contributed by atoms with Crippen LogP contribution in [0.4, 0.5) is 19.2 Å². The van der Waals surface area contributed by atoms with Crippen LogP contribution in [0.5, 0.6) is 17.2 Å². The SMILES string of the molecule is C.COC(=O)[C@@H](CC(=O)[C@H](C)NC(=O)OCc1ccccc1)Cc1ccc(OC)cc1.COc1ccc(C[C@H](CC(=O)[C@H](C)NC(=O)OCc2ccccc2)C(=O)N[C@@H](Cc2ccccc2)C(=O)[C@@]2(C)CO2)cc1.COc1ccc(C[C@H](CC(=O)[C@H](C)NC(=O)OCc2ccccc2)C(=O)O)cc1.C[C@H](NC(=O)OCc1ccccc1)C(=O)O.C[C@]1(C(=O)[C@@H](N)Cc2ccccc2)CO1.[3H][3H].[U].[U]. The number of hydrogen-bond donors (Lipinski definition) is 8. The van der Waals surface area contributed by atoms with Crippen LogP contribution in [0, 0.1) is 80.0 Å². The van der Waals surface area contributed by atoms with E-state index < -0.39 is 113 Å². The summed E-state index contributed by atoms with van der Waals surface area (Å²) in [6.45, 7) is 10.7. The summed E-state index contributed by atoms with van der Waals surface area (Å²) in [5.41, 5.74) is 12.1. The number of ether oxygens (including phenoxy) is 10. The van der Waals surface area contributed by atoms with Gasteiger partial charge in [-0.1, -0.05) is 226 Å². The van der Waals surface area contributed by atoms with Crippen molar-refractivity contribution in [3.8, 4) is 17.2 Å². The molecule has 0 radical (unpaired) electrons. The number of methoxy groups -OCH3 is 4. The molecule has 0 saturated carbocycles. The zero-order valence-corrected chi connectivity index (χ0v) is 85.5. The van der Waals surface area contributed by atoms with Crippen molar-refractivity contribution >= 4 is 77.1 Å². The number of amides is 5. The van der Waals surface area contributed by atoms with Gasteiger partial charge < -0.3 is 89.9 Å². The predicted octanol–water partition coefficient (Wildman–Crippen LogP) is 13.9. The number of benzene rings is 9. The molecule has 9 aromatic rings. The van der Waals surface area contributed by atoms with Crippen molar-refractivity contribution in [2.75, 3.05) is 41.7 Å². The van der Waals surface area contributed by atoms with Gasteiger partial charge in [0.25, 0.3) is 0 Å². The Labute approximate surface area is 844 Å². The summed E-state index contributed by atoms with van der Waals surface area (Å²) in [6.07, 6.45) is -1.63. The maximum atomic E-state index is 13.8. The third-order valence-electron chi connectivity index (χ3n) is 21.3. The molecule has 9 N–H and O–H groups in total. The van der Waals surface area contributed by atoms with Gasteiger partial charge in [-0.05, 0) is 160 Å². The number of rotatable bonds is 43. The molecule has 0 aliphatic carbocycles. The van der Waals surface area contributed by atoms with Gasteiger partial charge in [0.15, 0.2) is 28.9 Å². The number of alkyl carbamates (subject to hydrolysis) is 4. The summed E-state index contributed by atoms with van der Waals surface area (Å²) in [5.74, 6) is -4.57. The number of aliphatic carboxylic acids is 2. The molecule has 2 saturated heterocycles. The van der Waals surface area contributed by atoms with Crippen molar-refractivity contribution in [3.63, 3.8) is 0 Å². The second kappa shape index (κ2) is 60.9. The molecule has 9 aromatic carbocycles. The summed E-state index contributed by atoms with van der Waals surface area (Å²) in [7, 11) is 5.98. The second-order valence-electron chi connectivity index (χ2n) is 32.0. The quantitative estimate of drug-likeness (QED) is 0.00999. The molecule has 724 valence electrons. The van der Waals surface area contributed by atoms with Gasteiger partial charge in [0.2, 0.25) is 5.91 Å². The first-order valence-corrected chi connectivity index (χ1v) is 43.1. The van der Waals surface area contributed by atoms with E-state index in [1.165, 1.54) is 21.0 Å². The molecule has 0 aromatic heterocycles. The molecule has 2 aliphatic rings. The third kappa shape index (κ3) is 42.7. The molecule has 5 amide bonds. The Bertz CT molecular complexity index is 5220. The van der Waals surface area contributed by atoms with E-state index in [0.29, 0.717) is 49.7 Å². The van der Waals surface area contributed by atoms with E-state index >= 15 is 0 Å². The number of epoxide rings is 2. The van der Waals surface area contributed by atoms with E-state index in [2.05, 4.69) is 26.6 Å². The molecule has 0 spiro atoms. The minimum Gasteiger partial charge on any atom is -0.497 e. The first-order chi connectivity index (χ1) is 64.7. The first-order valence-electron chi connectivity index (χ1n) is 44.1. The third-order valence-corrected chi connectivity index (χ3v) is 21.3. The summed E-state index contributed by atoms with van der Waals surface area (Å²) >= 11 is 0. The number of carbonyl (C=O) groups is 13. The van der Waals surface area contributed by atoms with Crippen molar-refractivity contribution in [2.24, 2.45) is 23.5 Å². The van der Waals surface area contributed by atoms with Gasteiger partial charge in [-0.25, -0.2) is 19.2 Å². The number of carboxylic acid groups (broad SMARTS) is 2. The van der Waals surface area contributed by atoms with Gasteiger partial charge >= 0.3 is 42.3 Å². The fraction of sp³-hybridized carbons (Fsp3) is 0.350. The summed E-state index contributed by atoms with van der Waals surface area (Å²) in [6, 6.07) is 72.6. The fourth-order valence-corrected chi connectivity index (χ4v) is 12.9. The summed E-state index contributed by atoms with van der Waals surface area (Å²) in [4.78, 5) is 159. The monoisotopic (exact) mass is 2320 g/mol. The van der Waals surface area contributed by atoms with E-state index in [1.54, 1.807) is 97.6 Å². The van der Waals surface area contributed by atoms with Crippen LogP contribution < -0.4 is 46.5 Å². The van der Waals surface area contributed by atoms with E-state index in [9.17, 15) is 67.4 Å². The normalized spacial score (nSPS) is 15.2. The molecule has 33 heteroatoms. The van der Waals surface area contributed by atoms with Crippen molar-refractivity contribution in [1.29, 1.82) is 0 Å². The molecular weight excluding hydrogens is 2200 g/mol. The molecule has 2 fully saturated rings. The second-order valence-corrected chi connectivity index (χ2v) is 32.0. The number of carboxylic acids is 2. The van der Waals surface area contributed by atoms with Crippen molar-refractivity contribution in [1.82, 2.24) is 26.6 Å². The van der Waals surface area contributed by atoms with Crippen molar-refractivity contribution in [2.45, 2.75) is 174 Å².